The lowest BCUT2D eigenvalue weighted by Gasteiger charge is -2.14. The number of pyridine rings is 1. The summed E-state index contributed by atoms with van der Waals surface area (Å²) in [5.74, 6) is -0.162. The predicted molar refractivity (Wildman–Crippen MR) is 113 cm³/mol. The van der Waals surface area contributed by atoms with Gasteiger partial charge in [-0.2, -0.15) is 13.2 Å². The summed E-state index contributed by atoms with van der Waals surface area (Å²) < 4.78 is 59.7. The molecule has 0 saturated carbocycles. The second-order valence-electron chi connectivity index (χ2n) is 6.32. The fourth-order valence-electron chi connectivity index (χ4n) is 3.01. The lowest BCUT2D eigenvalue weighted by molar-refractivity contribution is -0.137. The molecule has 1 atom stereocenters. The number of benzene rings is 2. The molecule has 2 N–H and O–H groups in total. The molecule has 0 saturated heterocycles. The SMILES string of the molecule is COc1cc(C(F)(F)F)ccc1-c1ncc(O)c2cc(S(=O)Nc3nccs3)ccc12. The van der Waals surface area contributed by atoms with E-state index in [0.29, 0.717) is 32.1 Å². The molecule has 2 aromatic heterocycles. The molecule has 31 heavy (non-hydrogen) atoms. The Morgan fingerprint density at radius 1 is 1.13 bits per heavy atom. The van der Waals surface area contributed by atoms with Crippen molar-refractivity contribution in [3.8, 4) is 22.8 Å². The number of nitrogens with zero attached hydrogens (tertiary/aromatic N) is 2. The molecule has 2 aromatic carbocycles. The summed E-state index contributed by atoms with van der Waals surface area (Å²) in [6, 6.07) is 7.84. The molecule has 0 bridgehead atoms. The first kappa shape index (κ1) is 21.1. The Hall–Kier alpha value is -3.18. The van der Waals surface area contributed by atoms with E-state index in [-0.39, 0.29) is 11.5 Å². The number of methoxy groups -OCH3 is 1. The van der Waals surface area contributed by atoms with E-state index in [1.807, 2.05) is 0 Å². The number of anilines is 1. The quantitative estimate of drug-likeness (QED) is 0.422. The summed E-state index contributed by atoms with van der Waals surface area (Å²) in [5.41, 5.74) is -0.194. The number of aromatic nitrogens is 2. The van der Waals surface area contributed by atoms with Crippen molar-refractivity contribution in [3.63, 3.8) is 0 Å². The van der Waals surface area contributed by atoms with Crippen molar-refractivity contribution in [1.29, 1.82) is 0 Å². The Morgan fingerprint density at radius 2 is 1.94 bits per heavy atom. The third-order valence-corrected chi connectivity index (χ3v) is 6.33. The smallest absolute Gasteiger partial charge is 0.416 e. The Bertz CT molecular complexity index is 1280. The van der Waals surface area contributed by atoms with Gasteiger partial charge in [0.2, 0.25) is 0 Å². The van der Waals surface area contributed by atoms with Gasteiger partial charge in [-0.05, 0) is 30.3 Å². The number of fused-ring (bicyclic) bond motifs is 1. The molecule has 0 aliphatic rings. The number of ether oxygens (including phenoxy) is 1. The molecule has 0 aliphatic heterocycles. The molecule has 4 aromatic rings. The van der Waals surface area contributed by atoms with E-state index in [1.54, 1.807) is 23.7 Å². The van der Waals surface area contributed by atoms with Crippen LogP contribution in [0.4, 0.5) is 18.3 Å². The molecule has 160 valence electrons. The van der Waals surface area contributed by atoms with Gasteiger partial charge in [-0.25, -0.2) is 9.19 Å². The molecule has 4 rings (SSSR count). The van der Waals surface area contributed by atoms with Crippen molar-refractivity contribution in [3.05, 3.63) is 59.7 Å². The number of alkyl halides is 3. The third kappa shape index (κ3) is 4.19. The molecule has 0 fully saturated rings. The van der Waals surface area contributed by atoms with Crippen LogP contribution in [0, 0.1) is 0 Å². The monoisotopic (exact) mass is 465 g/mol. The lowest BCUT2D eigenvalue weighted by atomic mass is 10.0. The van der Waals surface area contributed by atoms with E-state index in [1.165, 1.54) is 36.8 Å². The molecular formula is C20H14F3N3O3S2. The fourth-order valence-corrected chi connectivity index (χ4v) is 4.55. The molecule has 0 spiro atoms. The molecule has 1 unspecified atom stereocenters. The van der Waals surface area contributed by atoms with Gasteiger partial charge in [0.25, 0.3) is 0 Å². The number of hydrogen-bond acceptors (Lipinski definition) is 6. The number of aromatic hydroxyl groups is 1. The van der Waals surface area contributed by atoms with Crippen LogP contribution in [-0.4, -0.2) is 26.4 Å². The first-order valence-electron chi connectivity index (χ1n) is 8.73. The van der Waals surface area contributed by atoms with Crippen LogP contribution in [0.2, 0.25) is 0 Å². The average Bonchev–Trinajstić information content (AvgIpc) is 3.26. The highest BCUT2D eigenvalue weighted by Gasteiger charge is 2.31. The zero-order valence-corrected chi connectivity index (χ0v) is 17.4. The largest absolute Gasteiger partial charge is 0.506 e. The zero-order chi connectivity index (χ0) is 22.2. The highest BCUT2D eigenvalue weighted by molar-refractivity contribution is 7.86. The van der Waals surface area contributed by atoms with Crippen molar-refractivity contribution >= 4 is 38.2 Å². The summed E-state index contributed by atoms with van der Waals surface area (Å²) >= 11 is 1.29. The Balaban J connectivity index is 1.80. The van der Waals surface area contributed by atoms with Crippen LogP contribution in [-0.2, 0) is 17.2 Å². The maximum atomic E-state index is 13.1. The van der Waals surface area contributed by atoms with Crippen LogP contribution in [0.3, 0.4) is 0 Å². The van der Waals surface area contributed by atoms with Crippen molar-refractivity contribution in [1.82, 2.24) is 9.97 Å². The van der Waals surface area contributed by atoms with Gasteiger partial charge in [0.1, 0.15) is 11.5 Å². The van der Waals surface area contributed by atoms with Gasteiger partial charge in [-0.3, -0.25) is 9.71 Å². The zero-order valence-electron chi connectivity index (χ0n) is 15.8. The van der Waals surface area contributed by atoms with Gasteiger partial charge in [0.15, 0.2) is 16.1 Å². The lowest BCUT2D eigenvalue weighted by Crippen LogP contribution is -2.05. The van der Waals surface area contributed by atoms with E-state index < -0.39 is 22.7 Å². The molecule has 2 heterocycles. The first-order valence-corrected chi connectivity index (χ1v) is 10.8. The summed E-state index contributed by atoms with van der Waals surface area (Å²) in [5, 5.41) is 13.3. The van der Waals surface area contributed by atoms with Gasteiger partial charge in [-0.15, -0.1) is 11.3 Å². The number of rotatable bonds is 5. The molecular weight excluding hydrogens is 451 g/mol. The second kappa shape index (κ2) is 8.16. The third-order valence-electron chi connectivity index (χ3n) is 4.45. The highest BCUT2D eigenvalue weighted by Crippen LogP contribution is 2.40. The fraction of sp³-hybridized carbons (Fsp3) is 0.100. The Morgan fingerprint density at radius 3 is 2.61 bits per heavy atom. The van der Waals surface area contributed by atoms with Gasteiger partial charge >= 0.3 is 6.18 Å². The van der Waals surface area contributed by atoms with Crippen LogP contribution >= 0.6 is 11.3 Å². The molecule has 0 amide bonds. The van der Waals surface area contributed by atoms with Crippen LogP contribution in [0.1, 0.15) is 5.56 Å². The van der Waals surface area contributed by atoms with E-state index >= 15 is 0 Å². The highest BCUT2D eigenvalue weighted by atomic mass is 32.2. The molecule has 11 heteroatoms. The average molecular weight is 465 g/mol. The minimum Gasteiger partial charge on any atom is -0.506 e. The minimum absolute atomic E-state index is 0.00703. The topological polar surface area (TPSA) is 84.3 Å². The summed E-state index contributed by atoms with van der Waals surface area (Å²) in [4.78, 5) is 8.61. The van der Waals surface area contributed by atoms with Crippen molar-refractivity contribution < 1.29 is 27.2 Å². The Kier molecular flexibility index (Phi) is 5.54. The number of hydrogen-bond donors (Lipinski definition) is 2. The molecule has 0 aliphatic carbocycles. The number of halogens is 3. The van der Waals surface area contributed by atoms with Crippen LogP contribution in [0.15, 0.2) is 59.1 Å². The summed E-state index contributed by atoms with van der Waals surface area (Å²) in [7, 11) is -0.360. The second-order valence-corrected chi connectivity index (χ2v) is 8.43. The first-order chi connectivity index (χ1) is 14.8. The van der Waals surface area contributed by atoms with E-state index in [4.69, 9.17) is 4.74 Å². The Labute approximate surface area is 181 Å². The normalized spacial score (nSPS) is 12.6. The predicted octanol–water partition coefficient (Wildman–Crippen LogP) is 5.23. The van der Waals surface area contributed by atoms with E-state index in [0.717, 1.165) is 12.1 Å². The van der Waals surface area contributed by atoms with E-state index in [9.17, 15) is 22.5 Å². The summed E-state index contributed by atoms with van der Waals surface area (Å²) in [6.45, 7) is 0. The van der Waals surface area contributed by atoms with Crippen molar-refractivity contribution in [2.24, 2.45) is 0 Å². The number of thiazole rings is 1. The summed E-state index contributed by atoms with van der Waals surface area (Å²) in [6.07, 6.45) is -1.75. The van der Waals surface area contributed by atoms with E-state index in [2.05, 4.69) is 14.7 Å². The standard InChI is InChI=1S/C20H14F3N3O3S2/c1-29-17-8-11(20(21,22)23)2-4-14(17)18-13-5-3-12(9-15(13)16(27)10-25-18)31(28)26-19-24-6-7-30-19/h2-10,27H,1H3,(H,24,26). The maximum Gasteiger partial charge on any atom is 0.416 e. The number of nitrogens with one attached hydrogen (secondary N) is 1. The van der Waals surface area contributed by atoms with Gasteiger partial charge in [-0.1, -0.05) is 6.07 Å². The van der Waals surface area contributed by atoms with Crippen molar-refractivity contribution in [2.45, 2.75) is 11.1 Å². The van der Waals surface area contributed by atoms with Crippen LogP contribution in [0.25, 0.3) is 22.0 Å². The maximum absolute atomic E-state index is 13.1. The molecule has 6 nitrogen and oxygen atoms in total. The van der Waals surface area contributed by atoms with Crippen molar-refractivity contribution in [2.75, 3.05) is 11.8 Å². The van der Waals surface area contributed by atoms with Gasteiger partial charge < -0.3 is 9.84 Å². The minimum atomic E-state index is -4.51. The molecule has 0 radical (unpaired) electrons. The van der Waals surface area contributed by atoms with Gasteiger partial charge in [0, 0.05) is 27.9 Å². The van der Waals surface area contributed by atoms with Crippen LogP contribution < -0.4 is 9.46 Å². The van der Waals surface area contributed by atoms with Gasteiger partial charge in [0.05, 0.1) is 29.5 Å². The van der Waals surface area contributed by atoms with Crippen LogP contribution in [0.5, 0.6) is 11.5 Å².